The number of nitrogens with one attached hydrogen (secondary N) is 2. The molecule has 2 aromatic rings. The highest BCUT2D eigenvalue weighted by atomic mass is 16.3. The van der Waals surface area contributed by atoms with E-state index in [2.05, 4.69) is 26.8 Å². The lowest BCUT2D eigenvalue weighted by Gasteiger charge is -2.29. The van der Waals surface area contributed by atoms with E-state index in [1.54, 1.807) is 12.1 Å². The van der Waals surface area contributed by atoms with Crippen molar-refractivity contribution in [2.45, 2.75) is 12.8 Å². The highest BCUT2D eigenvalue weighted by molar-refractivity contribution is 5.96. The molecule has 140 valence electrons. The van der Waals surface area contributed by atoms with E-state index in [1.165, 1.54) is 10.9 Å². The van der Waals surface area contributed by atoms with Gasteiger partial charge in [-0.15, -0.1) is 6.42 Å². The van der Waals surface area contributed by atoms with Crippen LogP contribution in [0.25, 0.3) is 5.69 Å². The monoisotopic (exact) mass is 367 g/mol. The summed E-state index contributed by atoms with van der Waals surface area (Å²) in [4.78, 5) is 26.6. The number of benzene rings is 1. The van der Waals surface area contributed by atoms with E-state index < -0.39 is 5.91 Å². The SMILES string of the molecule is C#CCN1CCC(C(=O)NNC(=O)c2nn(-c3ccccc3)cc2O)CC1. The Hall–Kier alpha value is -3.31. The van der Waals surface area contributed by atoms with Crippen LogP contribution >= 0.6 is 0 Å². The van der Waals surface area contributed by atoms with E-state index >= 15 is 0 Å². The summed E-state index contributed by atoms with van der Waals surface area (Å²) in [7, 11) is 0. The van der Waals surface area contributed by atoms with Gasteiger partial charge < -0.3 is 5.11 Å². The summed E-state index contributed by atoms with van der Waals surface area (Å²) in [5.74, 6) is 1.20. The van der Waals surface area contributed by atoms with Gasteiger partial charge in [-0.05, 0) is 38.1 Å². The van der Waals surface area contributed by atoms with Crippen LogP contribution in [0.5, 0.6) is 5.75 Å². The average molecular weight is 367 g/mol. The number of terminal acetylenes is 1. The van der Waals surface area contributed by atoms with Crippen LogP contribution in [0.15, 0.2) is 36.5 Å². The van der Waals surface area contributed by atoms with E-state index in [0.717, 1.165) is 13.1 Å². The second kappa shape index (κ2) is 8.38. The summed E-state index contributed by atoms with van der Waals surface area (Å²) in [5, 5.41) is 14.1. The Labute approximate surface area is 157 Å². The molecule has 2 amide bonds. The first-order valence-corrected chi connectivity index (χ1v) is 8.68. The van der Waals surface area contributed by atoms with Crippen LogP contribution in [-0.4, -0.2) is 51.2 Å². The Morgan fingerprint density at radius 3 is 2.59 bits per heavy atom. The van der Waals surface area contributed by atoms with Crippen molar-refractivity contribution < 1.29 is 14.7 Å². The van der Waals surface area contributed by atoms with Crippen molar-refractivity contribution in [2.24, 2.45) is 5.92 Å². The number of amides is 2. The lowest BCUT2D eigenvalue weighted by atomic mass is 9.96. The Balaban J connectivity index is 1.55. The summed E-state index contributed by atoms with van der Waals surface area (Å²) < 4.78 is 1.40. The molecule has 0 radical (unpaired) electrons. The van der Waals surface area contributed by atoms with Gasteiger partial charge >= 0.3 is 0 Å². The van der Waals surface area contributed by atoms with Gasteiger partial charge in [0.25, 0.3) is 5.91 Å². The number of hydrogen-bond donors (Lipinski definition) is 3. The molecule has 8 heteroatoms. The number of carbonyl (C=O) groups excluding carboxylic acids is 2. The van der Waals surface area contributed by atoms with Crippen molar-refractivity contribution in [1.29, 1.82) is 0 Å². The maximum atomic E-state index is 12.2. The third kappa shape index (κ3) is 4.46. The molecule has 1 aliphatic rings. The average Bonchev–Trinajstić information content (AvgIpc) is 3.09. The largest absolute Gasteiger partial charge is 0.504 e. The van der Waals surface area contributed by atoms with Crippen LogP contribution in [-0.2, 0) is 4.79 Å². The summed E-state index contributed by atoms with van der Waals surface area (Å²) in [6, 6.07) is 9.09. The maximum Gasteiger partial charge on any atom is 0.294 e. The van der Waals surface area contributed by atoms with Gasteiger partial charge in [0.15, 0.2) is 11.4 Å². The number of para-hydroxylation sites is 1. The number of rotatable bonds is 4. The molecule has 0 saturated carbocycles. The molecule has 8 nitrogen and oxygen atoms in total. The van der Waals surface area contributed by atoms with Gasteiger partial charge in [0, 0.05) is 5.92 Å². The molecule has 0 aliphatic carbocycles. The van der Waals surface area contributed by atoms with Crippen LogP contribution in [0.1, 0.15) is 23.3 Å². The fraction of sp³-hybridized carbons (Fsp3) is 0.316. The predicted molar refractivity (Wildman–Crippen MR) is 98.8 cm³/mol. The molecule has 0 unspecified atom stereocenters. The Morgan fingerprint density at radius 2 is 1.93 bits per heavy atom. The van der Waals surface area contributed by atoms with Gasteiger partial charge in [0.05, 0.1) is 18.4 Å². The van der Waals surface area contributed by atoms with Crippen LogP contribution in [0.4, 0.5) is 0 Å². The molecule has 0 spiro atoms. The van der Waals surface area contributed by atoms with Crippen molar-refractivity contribution >= 4 is 11.8 Å². The van der Waals surface area contributed by atoms with Crippen LogP contribution in [0.2, 0.25) is 0 Å². The second-order valence-corrected chi connectivity index (χ2v) is 6.34. The molecule has 2 heterocycles. The molecule has 1 fully saturated rings. The topological polar surface area (TPSA) is 99.5 Å². The number of carbonyl (C=O) groups is 2. The first-order chi connectivity index (χ1) is 13.1. The van der Waals surface area contributed by atoms with Gasteiger partial charge in [-0.1, -0.05) is 24.1 Å². The molecule has 3 N–H and O–H groups in total. The number of likely N-dealkylation sites (tertiary alicyclic amines) is 1. The normalized spacial score (nSPS) is 15.1. The fourth-order valence-electron chi connectivity index (χ4n) is 3.00. The van der Waals surface area contributed by atoms with Crippen LogP contribution in [0.3, 0.4) is 0 Å². The third-order valence-electron chi connectivity index (χ3n) is 4.50. The molecule has 0 atom stereocenters. The Morgan fingerprint density at radius 1 is 1.22 bits per heavy atom. The van der Waals surface area contributed by atoms with Crippen molar-refractivity contribution in [3.63, 3.8) is 0 Å². The zero-order valence-electron chi connectivity index (χ0n) is 14.8. The molecule has 27 heavy (non-hydrogen) atoms. The fourth-order valence-corrected chi connectivity index (χ4v) is 3.00. The molecular weight excluding hydrogens is 346 g/mol. The van der Waals surface area contributed by atoms with Crippen LogP contribution in [0, 0.1) is 18.3 Å². The standard InChI is InChI=1S/C19H21N5O3/c1-2-10-23-11-8-14(9-12-23)18(26)20-21-19(27)17-16(25)13-24(22-17)15-6-4-3-5-7-15/h1,3-7,13-14,25H,8-12H2,(H,20,26)(H,21,27). The van der Waals surface area contributed by atoms with Crippen molar-refractivity contribution in [3.8, 4) is 23.8 Å². The van der Waals surface area contributed by atoms with Crippen molar-refractivity contribution in [2.75, 3.05) is 19.6 Å². The van der Waals surface area contributed by atoms with Gasteiger partial charge in [0.2, 0.25) is 5.91 Å². The Bertz CT molecular complexity index is 848. The highest BCUT2D eigenvalue weighted by Crippen LogP contribution is 2.18. The summed E-state index contributed by atoms with van der Waals surface area (Å²) in [6.07, 6.45) is 7.99. The van der Waals surface area contributed by atoms with Crippen molar-refractivity contribution in [3.05, 3.63) is 42.2 Å². The number of aromatic nitrogens is 2. The van der Waals surface area contributed by atoms with E-state index in [9.17, 15) is 14.7 Å². The summed E-state index contributed by atoms with van der Waals surface area (Å²) in [6.45, 7) is 2.07. The lowest BCUT2D eigenvalue weighted by Crippen LogP contribution is -2.47. The number of piperidine rings is 1. The summed E-state index contributed by atoms with van der Waals surface area (Å²) in [5.41, 5.74) is 5.27. The minimum atomic E-state index is -0.680. The number of nitrogens with zero attached hydrogens (tertiary/aromatic N) is 3. The van der Waals surface area contributed by atoms with E-state index in [1.807, 2.05) is 18.2 Å². The molecule has 1 aliphatic heterocycles. The van der Waals surface area contributed by atoms with Gasteiger partial charge in [-0.2, -0.15) is 5.10 Å². The molecule has 1 aromatic heterocycles. The van der Waals surface area contributed by atoms with E-state index in [4.69, 9.17) is 6.42 Å². The van der Waals surface area contributed by atoms with E-state index in [-0.39, 0.29) is 23.3 Å². The van der Waals surface area contributed by atoms with Gasteiger partial charge in [-0.25, -0.2) is 4.68 Å². The number of hydrogen-bond acceptors (Lipinski definition) is 5. The van der Waals surface area contributed by atoms with Crippen molar-refractivity contribution in [1.82, 2.24) is 25.5 Å². The first kappa shape index (κ1) is 18.5. The predicted octanol–water partition coefficient (Wildman–Crippen LogP) is 0.684. The summed E-state index contributed by atoms with van der Waals surface area (Å²) >= 11 is 0. The smallest absolute Gasteiger partial charge is 0.294 e. The number of hydrazine groups is 1. The second-order valence-electron chi connectivity index (χ2n) is 6.34. The third-order valence-corrected chi connectivity index (χ3v) is 4.50. The highest BCUT2D eigenvalue weighted by Gasteiger charge is 2.25. The Kier molecular flexibility index (Phi) is 5.74. The van der Waals surface area contributed by atoms with Gasteiger partial charge in [0.1, 0.15) is 0 Å². The minimum absolute atomic E-state index is 0.164. The molecule has 0 bridgehead atoms. The first-order valence-electron chi connectivity index (χ1n) is 8.68. The molecule has 1 saturated heterocycles. The molecule has 1 aromatic carbocycles. The molecular formula is C19H21N5O3. The maximum absolute atomic E-state index is 12.2. The lowest BCUT2D eigenvalue weighted by molar-refractivity contribution is -0.127. The zero-order valence-corrected chi connectivity index (χ0v) is 14.8. The van der Waals surface area contributed by atoms with E-state index in [0.29, 0.717) is 25.1 Å². The zero-order chi connectivity index (χ0) is 19.2. The minimum Gasteiger partial charge on any atom is -0.504 e. The van der Waals surface area contributed by atoms with Gasteiger partial charge in [-0.3, -0.25) is 25.3 Å². The number of aromatic hydroxyl groups is 1. The quantitative estimate of drug-likeness (QED) is 0.545. The molecule has 3 rings (SSSR count). The van der Waals surface area contributed by atoms with Crippen LogP contribution < -0.4 is 10.9 Å².